The lowest BCUT2D eigenvalue weighted by Gasteiger charge is -2.30. The number of carbonyl (C=O) groups excluding carboxylic acids is 5. The number of carbonyl (C=O) groups is 5. The molecule has 0 aromatic carbocycles. The maximum Gasteiger partial charge on any atom is 0.244 e. The zero-order valence-corrected chi connectivity index (χ0v) is 28.6. The van der Waals surface area contributed by atoms with Gasteiger partial charge in [-0.1, -0.05) is 92.4 Å². The van der Waals surface area contributed by atoms with Crippen molar-refractivity contribution in [3.8, 4) is 0 Å². The Kier molecular flexibility index (Phi) is 22.6. The first kappa shape index (κ1) is 42.6. The molecule has 0 aromatic rings. The zero-order chi connectivity index (χ0) is 34.5. The molecule has 0 rings (SSSR count). The van der Waals surface area contributed by atoms with E-state index in [9.17, 15) is 39.4 Å². The Morgan fingerprint density at radius 1 is 0.622 bits per heavy atom. The van der Waals surface area contributed by atoms with Gasteiger partial charge in [0.25, 0.3) is 0 Å². The summed E-state index contributed by atoms with van der Waals surface area (Å²) in [7, 11) is 0. The molecular formula is C33H62N4O8. The Labute approximate surface area is 270 Å². The van der Waals surface area contributed by atoms with E-state index >= 15 is 0 Å². The Balaban J connectivity index is 6.15. The number of aliphatic hydroxyl groups excluding tert-OH is 2. The number of rotatable bonds is 26. The molecule has 0 aromatic heterocycles. The fourth-order valence-electron chi connectivity index (χ4n) is 5.19. The predicted molar refractivity (Wildman–Crippen MR) is 173 cm³/mol. The van der Waals surface area contributed by atoms with E-state index in [1.165, 1.54) is 0 Å². The molecule has 0 heterocycles. The smallest absolute Gasteiger partial charge is 0.244 e. The van der Waals surface area contributed by atoms with Gasteiger partial charge in [-0.25, -0.2) is 5.06 Å². The lowest BCUT2D eigenvalue weighted by molar-refractivity contribution is -0.178. The predicted octanol–water partition coefficient (Wildman–Crippen LogP) is 3.52. The summed E-state index contributed by atoms with van der Waals surface area (Å²) >= 11 is 0. The van der Waals surface area contributed by atoms with E-state index in [0.29, 0.717) is 56.4 Å². The van der Waals surface area contributed by atoms with E-state index in [-0.39, 0.29) is 25.7 Å². The van der Waals surface area contributed by atoms with E-state index in [0.717, 1.165) is 26.2 Å². The van der Waals surface area contributed by atoms with Crippen molar-refractivity contribution in [3.05, 3.63) is 0 Å². The van der Waals surface area contributed by atoms with Crippen LogP contribution in [0.2, 0.25) is 0 Å². The normalized spacial score (nSPS) is 16.0. The molecule has 7 unspecified atom stereocenters. The van der Waals surface area contributed by atoms with Crippen LogP contribution in [-0.4, -0.2) is 80.2 Å². The molecule has 0 aliphatic heterocycles. The number of nitrogens with two attached hydrogens (primary N) is 1. The number of unbranched alkanes of at least 4 members (excludes halogenated alkanes) is 5. The van der Waals surface area contributed by atoms with Gasteiger partial charge < -0.3 is 26.6 Å². The van der Waals surface area contributed by atoms with Crippen molar-refractivity contribution >= 4 is 29.3 Å². The highest BCUT2D eigenvalue weighted by Crippen LogP contribution is 2.20. The molecule has 12 heteroatoms. The van der Waals surface area contributed by atoms with Gasteiger partial charge in [0.15, 0.2) is 11.6 Å². The van der Waals surface area contributed by atoms with Crippen LogP contribution in [0.3, 0.4) is 0 Å². The van der Waals surface area contributed by atoms with E-state index in [1.807, 2.05) is 34.6 Å². The van der Waals surface area contributed by atoms with Crippen LogP contribution in [0.4, 0.5) is 0 Å². The monoisotopic (exact) mass is 642 g/mol. The van der Waals surface area contributed by atoms with Gasteiger partial charge in [0.1, 0.15) is 18.4 Å². The van der Waals surface area contributed by atoms with Gasteiger partial charge in [-0.05, 0) is 38.5 Å². The fraction of sp³-hybridized carbons (Fsp3) is 0.848. The highest BCUT2D eigenvalue weighted by molar-refractivity contribution is 6.05. The van der Waals surface area contributed by atoms with E-state index in [2.05, 4.69) is 10.6 Å². The molecule has 0 bridgehead atoms. The van der Waals surface area contributed by atoms with Crippen LogP contribution >= 0.6 is 0 Å². The largest absolute Gasteiger partial charge is 0.384 e. The average Bonchev–Trinajstić information content (AvgIpc) is 3.02. The van der Waals surface area contributed by atoms with Crippen LogP contribution in [0.1, 0.15) is 138 Å². The molecular weight excluding hydrogens is 580 g/mol. The van der Waals surface area contributed by atoms with Crippen molar-refractivity contribution in [2.75, 3.05) is 0 Å². The number of ketones is 2. The van der Waals surface area contributed by atoms with Crippen LogP contribution in [0.25, 0.3) is 0 Å². The molecule has 7 N–H and O–H groups in total. The minimum Gasteiger partial charge on any atom is -0.384 e. The second kappa shape index (κ2) is 23.9. The maximum atomic E-state index is 13.7. The Morgan fingerprint density at radius 3 is 1.49 bits per heavy atom. The molecule has 0 saturated carbocycles. The second-order valence-corrected chi connectivity index (χ2v) is 12.2. The first-order valence-electron chi connectivity index (χ1n) is 17.1. The molecule has 12 nitrogen and oxygen atoms in total. The van der Waals surface area contributed by atoms with Crippen molar-refractivity contribution < 1.29 is 39.4 Å². The van der Waals surface area contributed by atoms with Crippen molar-refractivity contribution in [1.29, 1.82) is 0 Å². The van der Waals surface area contributed by atoms with Crippen molar-refractivity contribution in [1.82, 2.24) is 15.7 Å². The van der Waals surface area contributed by atoms with Gasteiger partial charge in [-0.15, -0.1) is 0 Å². The summed E-state index contributed by atoms with van der Waals surface area (Å²) in [6.07, 6.45) is 3.50. The van der Waals surface area contributed by atoms with Gasteiger partial charge >= 0.3 is 0 Å². The van der Waals surface area contributed by atoms with Crippen LogP contribution < -0.4 is 16.4 Å². The molecule has 0 radical (unpaired) electrons. The molecule has 0 fully saturated rings. The highest BCUT2D eigenvalue weighted by atomic mass is 16.5. The first-order chi connectivity index (χ1) is 21.3. The number of aliphatic hydroxyl groups is 2. The molecule has 0 saturated heterocycles. The van der Waals surface area contributed by atoms with Gasteiger partial charge in [-0.3, -0.25) is 29.2 Å². The Hall–Kier alpha value is -2.41. The van der Waals surface area contributed by atoms with Gasteiger partial charge in [0, 0.05) is 13.0 Å². The summed E-state index contributed by atoms with van der Waals surface area (Å²) in [5.74, 6) is -6.07. The van der Waals surface area contributed by atoms with E-state index < -0.39 is 71.6 Å². The van der Waals surface area contributed by atoms with E-state index in [1.54, 1.807) is 0 Å². The van der Waals surface area contributed by atoms with Crippen LogP contribution in [0, 0.1) is 11.8 Å². The third-order valence-electron chi connectivity index (χ3n) is 8.23. The topological polar surface area (TPSA) is 199 Å². The van der Waals surface area contributed by atoms with Crippen molar-refractivity contribution in [3.63, 3.8) is 0 Å². The quantitative estimate of drug-likeness (QED) is 0.0354. The summed E-state index contributed by atoms with van der Waals surface area (Å²) in [5.41, 5.74) is 6.06. The SMILES string of the molecule is CCCCC(C(=O)NC(CCCC)C(O)C(=O)C(CCCC)C(=O)NC(CCCC)N(O)C(C)=O)C(=O)C(O)C(N)CCCC. The molecule has 262 valence electrons. The number of hydroxylamine groups is 2. The van der Waals surface area contributed by atoms with Crippen molar-refractivity contribution in [2.24, 2.45) is 17.6 Å². The minimum absolute atomic E-state index is 0.123. The van der Waals surface area contributed by atoms with Gasteiger partial charge in [-0.2, -0.15) is 0 Å². The van der Waals surface area contributed by atoms with Crippen LogP contribution in [-0.2, 0) is 24.0 Å². The summed E-state index contributed by atoms with van der Waals surface area (Å²) < 4.78 is 0. The van der Waals surface area contributed by atoms with E-state index in [4.69, 9.17) is 5.73 Å². The van der Waals surface area contributed by atoms with Crippen LogP contribution in [0.5, 0.6) is 0 Å². The lowest BCUT2D eigenvalue weighted by atomic mass is 9.87. The molecule has 0 aliphatic carbocycles. The third kappa shape index (κ3) is 15.2. The average molecular weight is 643 g/mol. The summed E-state index contributed by atoms with van der Waals surface area (Å²) in [6.45, 7) is 10.8. The zero-order valence-electron chi connectivity index (χ0n) is 28.6. The number of amides is 3. The van der Waals surface area contributed by atoms with Gasteiger partial charge in [0.2, 0.25) is 17.7 Å². The summed E-state index contributed by atoms with van der Waals surface area (Å²) in [5, 5.41) is 38.0. The number of nitrogens with zero attached hydrogens (tertiary/aromatic N) is 1. The molecule has 0 aliphatic rings. The lowest BCUT2D eigenvalue weighted by Crippen LogP contribution is -2.55. The number of hydrogen-bond donors (Lipinski definition) is 6. The Bertz CT molecular complexity index is 902. The van der Waals surface area contributed by atoms with Crippen LogP contribution in [0.15, 0.2) is 0 Å². The molecule has 3 amide bonds. The maximum absolute atomic E-state index is 13.7. The summed E-state index contributed by atoms with van der Waals surface area (Å²) in [6, 6.07) is -1.89. The highest BCUT2D eigenvalue weighted by Gasteiger charge is 2.39. The number of nitrogens with one attached hydrogen (secondary N) is 2. The molecule has 45 heavy (non-hydrogen) atoms. The minimum atomic E-state index is -1.75. The van der Waals surface area contributed by atoms with Crippen molar-refractivity contribution in [2.45, 2.75) is 168 Å². The fourth-order valence-corrected chi connectivity index (χ4v) is 5.19. The first-order valence-corrected chi connectivity index (χ1v) is 17.1. The molecule has 7 atom stereocenters. The standard InChI is InChI=1S/C33H62N4O8/c1-7-12-17-23(28(39)30(41)25(34)19-14-9-3)32(43)35-26(20-15-10-4)31(42)29(40)24(18-13-8-2)33(44)36-27(21-16-11-5)37(45)22(6)38/h23-27,30-31,41-42,45H,7-21,34H2,1-6H3,(H,35,43)(H,36,44). The summed E-state index contributed by atoms with van der Waals surface area (Å²) in [4.78, 5) is 65.8. The Morgan fingerprint density at radius 2 is 1.02 bits per heavy atom. The van der Waals surface area contributed by atoms with Gasteiger partial charge in [0.05, 0.1) is 17.9 Å². The second-order valence-electron chi connectivity index (χ2n) is 12.2. The number of hydrogen-bond acceptors (Lipinski definition) is 9. The number of Topliss-reactive ketones (excluding diaryl/α,β-unsaturated/α-hetero) is 2. The third-order valence-corrected chi connectivity index (χ3v) is 8.23. The molecule has 0 spiro atoms.